The van der Waals surface area contributed by atoms with Crippen LogP contribution >= 0.6 is 0 Å². The molecule has 2 atom stereocenters. The van der Waals surface area contributed by atoms with Crippen LogP contribution in [0.5, 0.6) is 28.7 Å². The molecule has 6 heterocycles. The van der Waals surface area contributed by atoms with E-state index < -0.39 is 57.5 Å². The van der Waals surface area contributed by atoms with Crippen LogP contribution in [0, 0.1) is 5.82 Å². The quantitative estimate of drug-likeness (QED) is 0.176. The number of halogens is 1. The maximum atomic E-state index is 15.1. The van der Waals surface area contributed by atoms with Crippen molar-refractivity contribution in [3.63, 3.8) is 0 Å². The molecule has 64 heavy (non-hydrogen) atoms. The summed E-state index contributed by atoms with van der Waals surface area (Å²) in [6.07, 6.45) is 1.34. The van der Waals surface area contributed by atoms with Crippen molar-refractivity contribution in [3.05, 3.63) is 140 Å². The average Bonchev–Trinajstić information content (AvgIpc) is 3.69. The van der Waals surface area contributed by atoms with Crippen LogP contribution in [0.15, 0.2) is 82.9 Å². The van der Waals surface area contributed by atoms with Gasteiger partial charge >= 0.3 is 22.8 Å². The van der Waals surface area contributed by atoms with Gasteiger partial charge < -0.3 is 33.2 Å². The predicted octanol–water partition coefficient (Wildman–Crippen LogP) is 0.579. The van der Waals surface area contributed by atoms with Crippen molar-refractivity contribution in [1.82, 2.24) is 47.0 Å². The Morgan fingerprint density at radius 2 is 1.16 bits per heavy atom. The van der Waals surface area contributed by atoms with Crippen molar-refractivity contribution in [2.24, 2.45) is 14.1 Å². The van der Waals surface area contributed by atoms with Crippen molar-refractivity contribution in [2.45, 2.75) is 51.1 Å². The molecule has 0 aliphatic carbocycles. The lowest BCUT2D eigenvalue weighted by molar-refractivity contribution is 0.243. The number of phenols is 1. The lowest BCUT2D eigenvalue weighted by Crippen LogP contribution is -2.47. The van der Waals surface area contributed by atoms with E-state index in [4.69, 9.17) is 18.9 Å². The summed E-state index contributed by atoms with van der Waals surface area (Å²) in [4.78, 5) is 93.2. The Balaban J connectivity index is 1.10. The Bertz CT molecular complexity index is 3510. The molecule has 22 heteroatoms. The smallest absolute Gasteiger partial charge is 0.348 e. The second-order valence-electron chi connectivity index (χ2n) is 15.3. The number of phenolic OH excluding ortho intramolecular Hbond substituents is 1. The normalized spacial score (nSPS) is 15.5. The molecule has 2 aliphatic heterocycles. The highest BCUT2D eigenvalue weighted by atomic mass is 19.1. The highest BCUT2D eigenvalue weighted by Gasteiger charge is 2.42. The van der Waals surface area contributed by atoms with Crippen molar-refractivity contribution < 1.29 is 28.4 Å². The summed E-state index contributed by atoms with van der Waals surface area (Å²) in [6.45, 7) is -1.03. The minimum atomic E-state index is -1.32. The number of methoxy groups -OCH3 is 4. The third-order valence-corrected chi connectivity index (χ3v) is 12.1. The van der Waals surface area contributed by atoms with E-state index in [0.29, 0.717) is 50.6 Å². The molecule has 0 amide bonds. The third kappa shape index (κ3) is 6.18. The van der Waals surface area contributed by atoms with Crippen LogP contribution in [0.2, 0.25) is 0 Å². The van der Waals surface area contributed by atoms with Crippen LogP contribution in [-0.4, -0.2) is 80.5 Å². The van der Waals surface area contributed by atoms with Crippen molar-refractivity contribution in [2.75, 3.05) is 28.4 Å². The molecule has 0 saturated carbocycles. The van der Waals surface area contributed by atoms with Gasteiger partial charge in [-0.1, -0.05) is 18.2 Å². The number of aryl methyl sites for hydroxylation is 4. The fraction of sp³-hybridized carbons (Fsp3) is 0.333. The van der Waals surface area contributed by atoms with E-state index in [2.05, 4.69) is 9.97 Å². The van der Waals surface area contributed by atoms with Crippen LogP contribution in [0.1, 0.15) is 29.0 Å². The summed E-state index contributed by atoms with van der Waals surface area (Å²) in [5.74, 6) is -0.224. The van der Waals surface area contributed by atoms with E-state index >= 15 is 4.39 Å². The Morgan fingerprint density at radius 1 is 0.672 bits per heavy atom. The Kier molecular flexibility index (Phi) is 10.0. The minimum absolute atomic E-state index is 0.0482. The average molecular weight is 881 g/mol. The van der Waals surface area contributed by atoms with Gasteiger partial charge in [0.25, 0.3) is 11.1 Å². The zero-order valence-electron chi connectivity index (χ0n) is 35.4. The van der Waals surface area contributed by atoms with E-state index in [1.165, 1.54) is 59.1 Å². The maximum absolute atomic E-state index is 15.1. The second-order valence-corrected chi connectivity index (χ2v) is 15.3. The third-order valence-electron chi connectivity index (χ3n) is 12.1. The van der Waals surface area contributed by atoms with Gasteiger partial charge in [0.1, 0.15) is 17.4 Å². The first-order valence-electron chi connectivity index (χ1n) is 20.0. The van der Waals surface area contributed by atoms with Gasteiger partial charge in [0.05, 0.1) is 69.6 Å². The van der Waals surface area contributed by atoms with E-state index in [1.54, 1.807) is 44.4 Å². The fourth-order valence-corrected chi connectivity index (χ4v) is 8.85. The molecule has 332 valence electrons. The van der Waals surface area contributed by atoms with Gasteiger partial charge in [0.15, 0.2) is 34.6 Å². The lowest BCUT2D eigenvalue weighted by atomic mass is 9.89. The number of para-hydroxylation sites is 1. The molecule has 2 aliphatic rings. The van der Waals surface area contributed by atoms with E-state index in [0.717, 1.165) is 24.6 Å². The van der Waals surface area contributed by atoms with E-state index in [1.807, 2.05) is 0 Å². The van der Waals surface area contributed by atoms with E-state index in [9.17, 15) is 33.9 Å². The number of fused-ring (bicyclic) bond motifs is 6. The van der Waals surface area contributed by atoms with Crippen molar-refractivity contribution in [3.8, 4) is 28.7 Å². The number of hydrogen-bond donors (Lipinski definition) is 1. The predicted molar refractivity (Wildman–Crippen MR) is 227 cm³/mol. The van der Waals surface area contributed by atoms with Crippen LogP contribution in [0.4, 0.5) is 4.39 Å². The fourth-order valence-electron chi connectivity index (χ4n) is 8.85. The number of aromatic nitrogens is 10. The molecule has 4 aromatic heterocycles. The van der Waals surface area contributed by atoms with Gasteiger partial charge in [-0.25, -0.2) is 61.4 Å². The van der Waals surface area contributed by atoms with Crippen LogP contribution in [-0.2, 0) is 53.1 Å². The molecule has 0 radical (unpaired) electrons. The summed E-state index contributed by atoms with van der Waals surface area (Å²) < 4.78 is 45.8. The zero-order valence-corrected chi connectivity index (χ0v) is 35.4. The van der Waals surface area contributed by atoms with Crippen LogP contribution in [0.3, 0.4) is 0 Å². The van der Waals surface area contributed by atoms with Gasteiger partial charge in [-0.2, -0.15) is 0 Å². The number of ether oxygens (including phenoxy) is 4. The second kappa shape index (κ2) is 15.5. The zero-order chi connectivity index (χ0) is 45.5. The summed E-state index contributed by atoms with van der Waals surface area (Å²) in [6, 6.07) is 7.83. The molecule has 9 rings (SSSR count). The van der Waals surface area contributed by atoms with Crippen molar-refractivity contribution in [1.29, 1.82) is 0 Å². The Labute approximate surface area is 358 Å². The maximum Gasteiger partial charge on any atom is 0.348 e. The van der Waals surface area contributed by atoms with Crippen LogP contribution in [0.25, 0.3) is 22.1 Å². The molecular weight excluding hydrogens is 840 g/mol. The van der Waals surface area contributed by atoms with Gasteiger partial charge in [-0.15, -0.1) is 0 Å². The highest BCUT2D eigenvalue weighted by molar-refractivity contribution is 5.80. The molecule has 3 aromatic carbocycles. The highest BCUT2D eigenvalue weighted by Crippen LogP contribution is 2.42. The SMILES string of the molecule is COc1cc2nc(CCn3c(=O)n4n(c3=O)[C@@H]3Cn5c(=O)n(CCc6nc7cc(OC)c(OC)cc7n(C)c6=O)c(=O)n5[C@@H](c5cccc(F)c5O)C3=CC4)c(=O)n(C)c2cc1OC. The number of aromatic hydroxyl groups is 1. The lowest BCUT2D eigenvalue weighted by Gasteiger charge is -2.37. The Morgan fingerprint density at radius 3 is 1.67 bits per heavy atom. The molecule has 7 aromatic rings. The summed E-state index contributed by atoms with van der Waals surface area (Å²) in [5, 5.41) is 11.1. The summed E-state index contributed by atoms with van der Waals surface area (Å²) in [5.41, 5.74) is -1.95. The monoisotopic (exact) mass is 880 g/mol. The molecule has 21 nitrogen and oxygen atoms in total. The minimum Gasteiger partial charge on any atom is -0.505 e. The topological polar surface area (TPSA) is 225 Å². The largest absolute Gasteiger partial charge is 0.505 e. The van der Waals surface area contributed by atoms with Gasteiger partial charge in [0, 0.05) is 69.9 Å². The molecule has 0 fully saturated rings. The number of rotatable bonds is 11. The van der Waals surface area contributed by atoms with E-state index in [-0.39, 0.29) is 56.0 Å². The first-order valence-corrected chi connectivity index (χ1v) is 20.0. The first kappa shape index (κ1) is 41.4. The molecule has 0 spiro atoms. The number of benzene rings is 3. The summed E-state index contributed by atoms with van der Waals surface area (Å²) >= 11 is 0. The molecule has 0 saturated heterocycles. The molecule has 1 N–H and O–H groups in total. The standard InChI is InChI=1S/C42H41FN10O11/c1-46-28-18-33(63-5)31(61-3)16-26(28)44-24(37(46)55)11-13-48-39(57)50-15-10-21-30(52(50)41(48)59)20-51-40(58)49(42(60)53(51)35(21)22-8-7-9-23(43)36(22)54)14-12-25-38(56)47(2)29-19-34(64-6)32(62-4)17-27(29)45-25/h7-10,16-19,30,35,54H,11-15,20H2,1-6H3/t30-,35-/m1/s1. The van der Waals surface area contributed by atoms with Gasteiger partial charge in [0.2, 0.25) is 0 Å². The number of hydrogen-bond acceptors (Lipinski definition) is 13. The number of allylic oxidation sites excluding steroid dienone is 2. The van der Waals surface area contributed by atoms with Crippen LogP contribution < -0.4 is 52.8 Å². The Hall–Kier alpha value is -7.91. The first-order chi connectivity index (χ1) is 30.7. The molecule has 0 bridgehead atoms. The van der Waals surface area contributed by atoms with Gasteiger partial charge in [-0.05, 0) is 11.6 Å². The molecular formula is C42H41FN10O11. The molecule has 0 unspecified atom stereocenters. The van der Waals surface area contributed by atoms with Gasteiger partial charge in [-0.3, -0.25) is 9.59 Å². The number of nitrogens with zero attached hydrogens (tertiary/aromatic N) is 10. The van der Waals surface area contributed by atoms with Crippen molar-refractivity contribution >= 4 is 22.1 Å². The summed E-state index contributed by atoms with van der Waals surface area (Å²) in [7, 11) is 8.97.